The minimum absolute atomic E-state index is 0.508. The van der Waals surface area contributed by atoms with Crippen LogP contribution in [-0.4, -0.2) is 16.3 Å². The molecule has 0 aliphatic rings. The molecule has 2 aromatic rings. The van der Waals surface area contributed by atoms with Gasteiger partial charge in [0.15, 0.2) is 5.69 Å². The third kappa shape index (κ3) is 3.32. The molecule has 1 heterocycles. The van der Waals surface area contributed by atoms with E-state index in [-0.39, 0.29) is 0 Å². The van der Waals surface area contributed by atoms with Crippen molar-refractivity contribution in [1.29, 1.82) is 0 Å². The van der Waals surface area contributed by atoms with Crippen LogP contribution in [0.3, 0.4) is 0 Å². The molecule has 0 atom stereocenters. The molecule has 1 aromatic carbocycles. The fourth-order valence-electron chi connectivity index (χ4n) is 1.79. The maximum Gasteiger partial charge on any atom is 0.435 e. The molecule has 0 saturated carbocycles. The van der Waals surface area contributed by atoms with Crippen LogP contribution in [0.5, 0.6) is 0 Å². The van der Waals surface area contributed by atoms with Crippen LogP contribution >= 0.6 is 11.6 Å². The molecule has 0 aliphatic heterocycles. The predicted molar refractivity (Wildman–Crippen MR) is 71.0 cm³/mol. The summed E-state index contributed by atoms with van der Waals surface area (Å²) in [5.74, 6) is 0. The SMILES string of the molecule is CCNCc1cc(Cl)ccc1-n1ccc(C(F)(F)F)n1. The highest BCUT2D eigenvalue weighted by Crippen LogP contribution is 2.28. The van der Waals surface area contributed by atoms with Gasteiger partial charge in [-0.15, -0.1) is 0 Å². The number of nitrogens with zero attached hydrogens (tertiary/aromatic N) is 2. The standard InChI is InChI=1S/C13H13ClF3N3/c1-2-18-8-9-7-10(14)3-4-11(9)20-6-5-12(19-20)13(15,16)17/h3-7,18H,2,8H2,1H3. The molecule has 0 radical (unpaired) electrons. The fourth-order valence-corrected chi connectivity index (χ4v) is 1.98. The molecule has 7 heteroatoms. The first-order chi connectivity index (χ1) is 9.41. The van der Waals surface area contributed by atoms with Gasteiger partial charge >= 0.3 is 6.18 Å². The molecule has 1 N–H and O–H groups in total. The predicted octanol–water partition coefficient (Wildman–Crippen LogP) is 3.65. The number of benzene rings is 1. The van der Waals surface area contributed by atoms with Crippen molar-refractivity contribution in [2.24, 2.45) is 0 Å². The molecule has 3 nitrogen and oxygen atoms in total. The van der Waals surface area contributed by atoms with Crippen molar-refractivity contribution < 1.29 is 13.2 Å². The molecule has 1 aromatic heterocycles. The zero-order valence-electron chi connectivity index (χ0n) is 10.7. The Hall–Kier alpha value is -1.53. The van der Waals surface area contributed by atoms with Crippen molar-refractivity contribution in [3.63, 3.8) is 0 Å². The van der Waals surface area contributed by atoms with Crippen molar-refractivity contribution in [2.45, 2.75) is 19.6 Å². The highest BCUT2D eigenvalue weighted by atomic mass is 35.5. The maximum absolute atomic E-state index is 12.6. The van der Waals surface area contributed by atoms with E-state index in [1.54, 1.807) is 18.2 Å². The number of aromatic nitrogens is 2. The van der Waals surface area contributed by atoms with Crippen molar-refractivity contribution >= 4 is 11.6 Å². The average Bonchev–Trinajstić information content (AvgIpc) is 2.85. The third-order valence-corrected chi connectivity index (χ3v) is 2.97. The Morgan fingerprint density at radius 3 is 2.65 bits per heavy atom. The zero-order valence-corrected chi connectivity index (χ0v) is 11.5. The van der Waals surface area contributed by atoms with Crippen LogP contribution in [0.4, 0.5) is 13.2 Å². The summed E-state index contributed by atoms with van der Waals surface area (Å²) in [7, 11) is 0. The molecule has 0 spiro atoms. The normalized spacial score (nSPS) is 11.8. The highest BCUT2D eigenvalue weighted by Gasteiger charge is 2.33. The van der Waals surface area contributed by atoms with Crippen LogP contribution in [0.15, 0.2) is 30.5 Å². The van der Waals surface area contributed by atoms with Gasteiger partial charge in [0.2, 0.25) is 0 Å². The topological polar surface area (TPSA) is 29.9 Å². The monoisotopic (exact) mass is 303 g/mol. The minimum Gasteiger partial charge on any atom is -0.313 e. The molecule has 20 heavy (non-hydrogen) atoms. The molecule has 108 valence electrons. The molecule has 0 fully saturated rings. The second kappa shape index (κ2) is 5.85. The van der Waals surface area contributed by atoms with E-state index in [9.17, 15) is 13.2 Å². The molecular weight excluding hydrogens is 291 g/mol. The van der Waals surface area contributed by atoms with Gasteiger partial charge in [-0.1, -0.05) is 18.5 Å². The second-order valence-corrected chi connectivity index (χ2v) is 4.63. The van der Waals surface area contributed by atoms with Crippen LogP contribution in [0, 0.1) is 0 Å². The van der Waals surface area contributed by atoms with Crippen LogP contribution in [0.2, 0.25) is 5.02 Å². The average molecular weight is 304 g/mol. The summed E-state index contributed by atoms with van der Waals surface area (Å²) < 4.78 is 38.9. The first-order valence-corrected chi connectivity index (χ1v) is 6.42. The lowest BCUT2D eigenvalue weighted by Crippen LogP contribution is -2.14. The Bertz CT molecular complexity index is 593. The molecular formula is C13H13ClF3N3. The Morgan fingerprint density at radius 1 is 1.30 bits per heavy atom. The molecule has 0 saturated heterocycles. The van der Waals surface area contributed by atoms with Crippen LogP contribution in [-0.2, 0) is 12.7 Å². The van der Waals surface area contributed by atoms with Gasteiger partial charge in [0, 0.05) is 17.8 Å². The second-order valence-electron chi connectivity index (χ2n) is 4.20. The van der Waals surface area contributed by atoms with Gasteiger partial charge in [-0.3, -0.25) is 0 Å². The van der Waals surface area contributed by atoms with Crippen LogP contribution in [0.1, 0.15) is 18.2 Å². The molecule has 0 amide bonds. The summed E-state index contributed by atoms with van der Waals surface area (Å²) in [5.41, 5.74) is 0.448. The summed E-state index contributed by atoms with van der Waals surface area (Å²) in [5, 5.41) is 7.22. The van der Waals surface area contributed by atoms with Crippen molar-refractivity contribution in [1.82, 2.24) is 15.1 Å². The minimum atomic E-state index is -4.44. The van der Waals surface area contributed by atoms with Crippen molar-refractivity contribution in [2.75, 3.05) is 6.54 Å². The van der Waals surface area contributed by atoms with E-state index in [1.807, 2.05) is 6.92 Å². The lowest BCUT2D eigenvalue weighted by Gasteiger charge is -2.11. The summed E-state index contributed by atoms with van der Waals surface area (Å²) in [6, 6.07) is 5.95. The van der Waals surface area contributed by atoms with Gasteiger partial charge in [-0.25, -0.2) is 4.68 Å². The van der Waals surface area contributed by atoms with E-state index in [0.29, 0.717) is 17.3 Å². The Kier molecular flexibility index (Phi) is 4.35. The smallest absolute Gasteiger partial charge is 0.313 e. The van der Waals surface area contributed by atoms with E-state index in [0.717, 1.165) is 18.2 Å². The molecule has 2 rings (SSSR count). The quantitative estimate of drug-likeness (QED) is 0.934. The van der Waals surface area contributed by atoms with Gasteiger partial charge in [-0.2, -0.15) is 18.3 Å². The van der Waals surface area contributed by atoms with Gasteiger partial charge in [0.1, 0.15) is 0 Å². The largest absolute Gasteiger partial charge is 0.435 e. The van der Waals surface area contributed by atoms with E-state index in [2.05, 4.69) is 10.4 Å². The van der Waals surface area contributed by atoms with Crippen molar-refractivity contribution in [3.05, 3.63) is 46.7 Å². The van der Waals surface area contributed by atoms with E-state index >= 15 is 0 Å². The van der Waals surface area contributed by atoms with Crippen LogP contribution in [0.25, 0.3) is 5.69 Å². The zero-order chi connectivity index (χ0) is 14.8. The lowest BCUT2D eigenvalue weighted by molar-refractivity contribution is -0.141. The Balaban J connectivity index is 2.39. The van der Waals surface area contributed by atoms with Crippen molar-refractivity contribution in [3.8, 4) is 5.69 Å². The summed E-state index contributed by atoms with van der Waals surface area (Å²) in [4.78, 5) is 0. The molecule has 0 aliphatic carbocycles. The van der Waals surface area contributed by atoms with Gasteiger partial charge in [0.25, 0.3) is 0 Å². The first-order valence-electron chi connectivity index (χ1n) is 6.04. The maximum atomic E-state index is 12.6. The third-order valence-electron chi connectivity index (χ3n) is 2.73. The number of halogens is 4. The highest BCUT2D eigenvalue weighted by molar-refractivity contribution is 6.30. The van der Waals surface area contributed by atoms with Gasteiger partial charge in [0.05, 0.1) is 5.69 Å². The lowest BCUT2D eigenvalue weighted by atomic mass is 10.2. The van der Waals surface area contributed by atoms with Gasteiger partial charge < -0.3 is 5.32 Å². The number of rotatable bonds is 4. The number of hydrogen-bond donors (Lipinski definition) is 1. The summed E-state index contributed by atoms with van der Waals surface area (Å²) in [6.45, 7) is 3.20. The number of nitrogens with one attached hydrogen (secondary N) is 1. The Morgan fingerprint density at radius 2 is 2.05 bits per heavy atom. The molecule has 0 bridgehead atoms. The molecule has 0 unspecified atom stereocenters. The summed E-state index contributed by atoms with van der Waals surface area (Å²) >= 11 is 5.92. The van der Waals surface area contributed by atoms with E-state index < -0.39 is 11.9 Å². The number of alkyl halides is 3. The van der Waals surface area contributed by atoms with E-state index in [1.165, 1.54) is 10.9 Å². The van der Waals surface area contributed by atoms with E-state index in [4.69, 9.17) is 11.6 Å². The first kappa shape index (κ1) is 14.9. The summed E-state index contributed by atoms with van der Waals surface area (Å²) in [6.07, 6.45) is -3.15. The van der Waals surface area contributed by atoms with Crippen LogP contribution < -0.4 is 5.32 Å². The van der Waals surface area contributed by atoms with Gasteiger partial charge in [-0.05, 0) is 36.4 Å². The number of hydrogen-bond acceptors (Lipinski definition) is 2. The fraction of sp³-hybridized carbons (Fsp3) is 0.308. The Labute approximate surface area is 119 Å².